The topological polar surface area (TPSA) is 82.2 Å². The lowest BCUT2D eigenvalue weighted by molar-refractivity contribution is -0.113. The van der Waals surface area contributed by atoms with Crippen molar-refractivity contribution in [3.63, 3.8) is 0 Å². The first-order valence-electron chi connectivity index (χ1n) is 9.38. The third-order valence-corrected chi connectivity index (χ3v) is 5.49. The van der Waals surface area contributed by atoms with Gasteiger partial charge in [-0.2, -0.15) is 0 Å². The van der Waals surface area contributed by atoms with E-state index in [4.69, 9.17) is 9.15 Å². The molecule has 0 aliphatic heterocycles. The molecule has 0 fully saturated rings. The largest absolute Gasteiger partial charge is 0.493 e. The standard InChI is InChI=1S/C21H18F2N4O3S/c1-3-27-20(17-9-12-5-4-6-16(29-2)19(12)30-17)25-26-21(27)31-11-18(28)24-15-8-7-13(22)10-14(15)23/h4-10H,3,11H2,1-2H3,(H,24,28). The van der Waals surface area contributed by atoms with Crippen molar-refractivity contribution in [2.75, 3.05) is 18.2 Å². The van der Waals surface area contributed by atoms with Crippen LogP contribution in [0.1, 0.15) is 6.92 Å². The van der Waals surface area contributed by atoms with Gasteiger partial charge in [0.05, 0.1) is 18.6 Å². The number of thioether (sulfide) groups is 1. The van der Waals surface area contributed by atoms with Crippen molar-refractivity contribution in [1.29, 1.82) is 0 Å². The second-order valence-corrected chi connectivity index (χ2v) is 7.44. The number of hydrogen-bond acceptors (Lipinski definition) is 6. The molecule has 0 bridgehead atoms. The molecule has 0 saturated heterocycles. The van der Waals surface area contributed by atoms with Crippen molar-refractivity contribution in [2.45, 2.75) is 18.6 Å². The van der Waals surface area contributed by atoms with Crippen molar-refractivity contribution < 1.29 is 22.7 Å². The molecule has 2 aromatic carbocycles. The minimum absolute atomic E-state index is 0.0249. The molecule has 7 nitrogen and oxygen atoms in total. The molecule has 0 saturated carbocycles. The molecule has 0 aliphatic rings. The van der Waals surface area contributed by atoms with E-state index in [1.165, 1.54) is 6.07 Å². The van der Waals surface area contributed by atoms with Gasteiger partial charge < -0.3 is 14.5 Å². The van der Waals surface area contributed by atoms with Crippen LogP contribution >= 0.6 is 11.8 Å². The Balaban J connectivity index is 1.51. The molecule has 0 atom stereocenters. The van der Waals surface area contributed by atoms with Crippen LogP contribution in [0.4, 0.5) is 14.5 Å². The smallest absolute Gasteiger partial charge is 0.234 e. The number of carbonyl (C=O) groups excluding carboxylic acids is 1. The fourth-order valence-corrected chi connectivity index (χ4v) is 3.88. The molecule has 0 spiro atoms. The Labute approximate surface area is 180 Å². The Bertz CT molecular complexity index is 1250. The van der Waals surface area contributed by atoms with Crippen LogP contribution in [0.15, 0.2) is 52.0 Å². The molecule has 0 radical (unpaired) electrons. The van der Waals surface area contributed by atoms with E-state index >= 15 is 0 Å². The number of aromatic nitrogens is 3. The monoisotopic (exact) mass is 444 g/mol. The van der Waals surface area contributed by atoms with Gasteiger partial charge in [-0.3, -0.25) is 9.36 Å². The zero-order valence-corrected chi connectivity index (χ0v) is 17.5. The molecule has 1 N–H and O–H groups in total. The van der Waals surface area contributed by atoms with E-state index in [-0.39, 0.29) is 11.4 Å². The Morgan fingerprint density at radius 2 is 2.06 bits per heavy atom. The van der Waals surface area contributed by atoms with Crippen molar-refractivity contribution in [1.82, 2.24) is 14.8 Å². The molecule has 4 aromatic rings. The summed E-state index contributed by atoms with van der Waals surface area (Å²) in [6, 6.07) is 10.4. The maximum atomic E-state index is 13.7. The predicted molar refractivity (Wildman–Crippen MR) is 113 cm³/mol. The number of anilines is 1. The summed E-state index contributed by atoms with van der Waals surface area (Å²) in [5, 5.41) is 12.2. The minimum atomic E-state index is -0.835. The van der Waals surface area contributed by atoms with E-state index in [9.17, 15) is 13.6 Å². The Hall–Kier alpha value is -3.40. The second-order valence-electron chi connectivity index (χ2n) is 6.50. The van der Waals surface area contributed by atoms with Crippen LogP contribution < -0.4 is 10.1 Å². The lowest BCUT2D eigenvalue weighted by atomic mass is 10.2. The third kappa shape index (κ3) is 4.24. The van der Waals surface area contributed by atoms with E-state index in [0.29, 0.717) is 40.7 Å². The van der Waals surface area contributed by atoms with Gasteiger partial charge >= 0.3 is 0 Å². The number of methoxy groups -OCH3 is 1. The number of fused-ring (bicyclic) bond motifs is 1. The van der Waals surface area contributed by atoms with Gasteiger partial charge in [-0.05, 0) is 31.2 Å². The summed E-state index contributed by atoms with van der Waals surface area (Å²) in [6.07, 6.45) is 0. The van der Waals surface area contributed by atoms with E-state index in [1.54, 1.807) is 7.11 Å². The summed E-state index contributed by atoms with van der Waals surface area (Å²) >= 11 is 1.15. The van der Waals surface area contributed by atoms with Crippen molar-refractivity contribution in [3.05, 3.63) is 54.1 Å². The zero-order chi connectivity index (χ0) is 22.0. The van der Waals surface area contributed by atoms with Gasteiger partial charge in [-0.15, -0.1) is 10.2 Å². The fraction of sp³-hybridized carbons (Fsp3) is 0.190. The first-order chi connectivity index (χ1) is 15.0. The second kappa shape index (κ2) is 8.76. The number of halogens is 2. The van der Waals surface area contributed by atoms with E-state index in [0.717, 1.165) is 23.2 Å². The lowest BCUT2D eigenvalue weighted by Gasteiger charge is -2.07. The summed E-state index contributed by atoms with van der Waals surface area (Å²) in [6.45, 7) is 2.47. The van der Waals surface area contributed by atoms with Crippen LogP contribution in [0.3, 0.4) is 0 Å². The SMILES string of the molecule is CCn1c(SCC(=O)Nc2ccc(F)cc2F)nnc1-c1cc2cccc(OC)c2o1. The number of benzene rings is 2. The predicted octanol–water partition coefficient (Wildman–Crippen LogP) is 4.73. The molecule has 0 unspecified atom stereocenters. The van der Waals surface area contributed by atoms with Gasteiger partial charge in [0.1, 0.15) is 11.6 Å². The fourth-order valence-electron chi connectivity index (χ4n) is 3.08. The number of carbonyl (C=O) groups is 1. The highest BCUT2D eigenvalue weighted by Gasteiger charge is 2.19. The number of nitrogens with one attached hydrogen (secondary N) is 1. The van der Waals surface area contributed by atoms with Crippen molar-refractivity contribution in [2.24, 2.45) is 0 Å². The number of rotatable bonds is 7. The number of para-hydroxylation sites is 1. The molecule has 31 heavy (non-hydrogen) atoms. The molecular formula is C21H18F2N4O3S. The molecule has 2 heterocycles. The number of furan rings is 1. The Kier molecular flexibility index (Phi) is 5.90. The highest BCUT2D eigenvalue weighted by molar-refractivity contribution is 7.99. The first kappa shape index (κ1) is 20.9. The third-order valence-electron chi connectivity index (χ3n) is 4.52. The quantitative estimate of drug-likeness (QED) is 0.415. The van der Waals surface area contributed by atoms with Crippen molar-refractivity contribution in [3.8, 4) is 17.3 Å². The maximum absolute atomic E-state index is 13.7. The number of nitrogens with zero attached hydrogens (tertiary/aromatic N) is 3. The molecule has 160 valence electrons. The number of amides is 1. The van der Waals surface area contributed by atoms with E-state index < -0.39 is 17.5 Å². The van der Waals surface area contributed by atoms with Gasteiger partial charge in [0.2, 0.25) is 11.7 Å². The van der Waals surface area contributed by atoms with E-state index in [2.05, 4.69) is 15.5 Å². The van der Waals surface area contributed by atoms with Crippen LogP contribution in [0.25, 0.3) is 22.6 Å². The molecule has 2 aromatic heterocycles. The van der Waals surface area contributed by atoms with E-state index in [1.807, 2.05) is 35.8 Å². The van der Waals surface area contributed by atoms with Gasteiger partial charge in [-0.25, -0.2) is 8.78 Å². The van der Waals surface area contributed by atoms with Crippen LogP contribution in [-0.4, -0.2) is 33.5 Å². The van der Waals surface area contributed by atoms with Gasteiger partial charge in [0.25, 0.3) is 0 Å². The Morgan fingerprint density at radius 1 is 1.23 bits per heavy atom. The van der Waals surface area contributed by atoms with Crippen LogP contribution in [0.2, 0.25) is 0 Å². The normalized spacial score (nSPS) is 11.1. The molecule has 0 aliphatic carbocycles. The first-order valence-corrected chi connectivity index (χ1v) is 10.4. The summed E-state index contributed by atoms with van der Waals surface area (Å²) in [4.78, 5) is 12.2. The number of ether oxygens (including phenoxy) is 1. The van der Waals surface area contributed by atoms with Gasteiger partial charge in [0.15, 0.2) is 22.2 Å². The van der Waals surface area contributed by atoms with Gasteiger partial charge in [0, 0.05) is 18.0 Å². The Morgan fingerprint density at radius 3 is 2.81 bits per heavy atom. The minimum Gasteiger partial charge on any atom is -0.493 e. The van der Waals surface area contributed by atoms with Crippen LogP contribution in [0, 0.1) is 11.6 Å². The molecule has 4 rings (SSSR count). The average molecular weight is 444 g/mol. The van der Waals surface area contributed by atoms with Gasteiger partial charge in [-0.1, -0.05) is 23.9 Å². The summed E-state index contributed by atoms with van der Waals surface area (Å²) in [5.41, 5.74) is 0.529. The number of hydrogen-bond donors (Lipinski definition) is 1. The van der Waals surface area contributed by atoms with Crippen LogP contribution in [-0.2, 0) is 11.3 Å². The summed E-state index contributed by atoms with van der Waals surface area (Å²) < 4.78 is 39.8. The average Bonchev–Trinajstić information content (AvgIpc) is 3.37. The highest BCUT2D eigenvalue weighted by atomic mass is 32.2. The lowest BCUT2D eigenvalue weighted by Crippen LogP contribution is -2.15. The molecular weight excluding hydrogens is 426 g/mol. The summed E-state index contributed by atoms with van der Waals surface area (Å²) in [5.74, 6) is -0.356. The van der Waals surface area contributed by atoms with Crippen LogP contribution in [0.5, 0.6) is 5.75 Å². The highest BCUT2D eigenvalue weighted by Crippen LogP contribution is 2.33. The molecule has 10 heteroatoms. The maximum Gasteiger partial charge on any atom is 0.234 e. The molecule has 1 amide bonds. The van der Waals surface area contributed by atoms with Crippen molar-refractivity contribution >= 4 is 34.3 Å². The summed E-state index contributed by atoms with van der Waals surface area (Å²) in [7, 11) is 1.57. The zero-order valence-electron chi connectivity index (χ0n) is 16.7.